The summed E-state index contributed by atoms with van der Waals surface area (Å²) in [7, 11) is 0. The molecule has 4 aromatic rings. The van der Waals surface area contributed by atoms with Gasteiger partial charge in [0, 0.05) is 11.8 Å². The molecule has 27 heavy (non-hydrogen) atoms. The molecule has 1 aliphatic carbocycles. The van der Waals surface area contributed by atoms with E-state index in [2.05, 4.69) is 10.2 Å². The zero-order valence-electron chi connectivity index (χ0n) is 14.6. The summed E-state index contributed by atoms with van der Waals surface area (Å²) in [4.78, 5) is 20.4. The van der Waals surface area contributed by atoms with E-state index in [1.807, 2.05) is 30.3 Å². The molecule has 1 aromatic carbocycles. The van der Waals surface area contributed by atoms with Crippen LogP contribution >= 0.6 is 23.1 Å². The number of fused-ring (bicyclic) bond motifs is 3. The normalized spacial score (nSPS) is 13.4. The summed E-state index contributed by atoms with van der Waals surface area (Å²) in [6, 6.07) is 9.67. The second-order valence-electron chi connectivity index (χ2n) is 6.41. The number of rotatable bonds is 4. The highest BCUT2D eigenvalue weighted by molar-refractivity contribution is 7.98. The van der Waals surface area contributed by atoms with Gasteiger partial charge in [0.1, 0.15) is 4.83 Å². The van der Waals surface area contributed by atoms with Crippen LogP contribution in [0.2, 0.25) is 0 Å². The first-order valence-electron chi connectivity index (χ1n) is 8.75. The van der Waals surface area contributed by atoms with E-state index in [0.717, 1.165) is 35.2 Å². The molecule has 0 unspecified atom stereocenters. The summed E-state index contributed by atoms with van der Waals surface area (Å²) in [6.07, 6.45) is 3.13. The van der Waals surface area contributed by atoms with E-state index >= 15 is 0 Å². The number of aryl methyl sites for hydroxylation is 3. The van der Waals surface area contributed by atoms with Gasteiger partial charge in [-0.05, 0) is 37.0 Å². The molecule has 0 fully saturated rings. The molecule has 3 aromatic heterocycles. The lowest BCUT2D eigenvalue weighted by Gasteiger charge is -2.11. The Morgan fingerprint density at radius 2 is 2.07 bits per heavy atom. The van der Waals surface area contributed by atoms with Crippen molar-refractivity contribution in [3.63, 3.8) is 0 Å². The van der Waals surface area contributed by atoms with Gasteiger partial charge in [-0.25, -0.2) is 4.98 Å². The van der Waals surface area contributed by atoms with E-state index in [9.17, 15) is 4.79 Å². The zero-order valence-corrected chi connectivity index (χ0v) is 16.3. The van der Waals surface area contributed by atoms with Gasteiger partial charge in [0.2, 0.25) is 11.8 Å². The minimum absolute atomic E-state index is 0.00908. The molecule has 0 spiro atoms. The lowest BCUT2D eigenvalue weighted by Crippen LogP contribution is -2.21. The third-order valence-electron chi connectivity index (χ3n) is 4.62. The average molecular weight is 396 g/mol. The van der Waals surface area contributed by atoms with E-state index in [0.29, 0.717) is 22.7 Å². The van der Waals surface area contributed by atoms with Gasteiger partial charge in [0.05, 0.1) is 16.8 Å². The number of nitrogens with zero attached hydrogens (tertiary/aromatic N) is 4. The quantitative estimate of drug-likeness (QED) is 0.384. The maximum absolute atomic E-state index is 13.5. The Balaban J connectivity index is 1.67. The van der Waals surface area contributed by atoms with Crippen molar-refractivity contribution in [1.29, 1.82) is 0 Å². The lowest BCUT2D eigenvalue weighted by molar-refractivity contribution is 0.485. The Kier molecular flexibility index (Phi) is 4.09. The van der Waals surface area contributed by atoms with Crippen molar-refractivity contribution < 1.29 is 4.42 Å². The number of hydrogen-bond donors (Lipinski definition) is 0. The number of aromatic nitrogens is 4. The summed E-state index contributed by atoms with van der Waals surface area (Å²) in [5.74, 6) is 1.53. The highest BCUT2D eigenvalue weighted by atomic mass is 32.2. The smallest absolute Gasteiger partial charge is 0.267 e. The minimum Gasteiger partial charge on any atom is -0.425 e. The molecule has 136 valence electrons. The molecule has 3 heterocycles. The number of para-hydroxylation sites is 1. The molecule has 0 bridgehead atoms. The van der Waals surface area contributed by atoms with Crippen molar-refractivity contribution in [3.8, 4) is 5.69 Å². The van der Waals surface area contributed by atoms with E-state index in [1.54, 1.807) is 22.8 Å². The Labute approximate surface area is 163 Å². The molecule has 0 amide bonds. The first-order valence-corrected chi connectivity index (χ1v) is 10.6. The highest BCUT2D eigenvalue weighted by Gasteiger charge is 2.24. The van der Waals surface area contributed by atoms with Crippen LogP contribution in [0, 0.1) is 6.92 Å². The predicted molar refractivity (Wildman–Crippen MR) is 106 cm³/mol. The minimum atomic E-state index is 0.00908. The van der Waals surface area contributed by atoms with Gasteiger partial charge in [-0.2, -0.15) is 0 Å². The lowest BCUT2D eigenvalue weighted by atomic mass is 10.2. The van der Waals surface area contributed by atoms with Gasteiger partial charge in [-0.15, -0.1) is 21.5 Å². The second-order valence-corrected chi connectivity index (χ2v) is 8.44. The van der Waals surface area contributed by atoms with Crippen LogP contribution in [-0.4, -0.2) is 19.7 Å². The van der Waals surface area contributed by atoms with Gasteiger partial charge in [0.15, 0.2) is 5.16 Å². The maximum atomic E-state index is 13.5. The molecule has 0 saturated heterocycles. The fourth-order valence-corrected chi connectivity index (χ4v) is 5.60. The highest BCUT2D eigenvalue weighted by Crippen LogP contribution is 2.36. The van der Waals surface area contributed by atoms with Gasteiger partial charge in [0.25, 0.3) is 5.56 Å². The zero-order chi connectivity index (χ0) is 18.4. The summed E-state index contributed by atoms with van der Waals surface area (Å²) in [5, 5.41) is 9.34. The van der Waals surface area contributed by atoms with Crippen LogP contribution < -0.4 is 5.56 Å². The summed E-state index contributed by atoms with van der Waals surface area (Å²) < 4.78 is 7.17. The van der Waals surface area contributed by atoms with Crippen molar-refractivity contribution in [2.24, 2.45) is 0 Å². The average Bonchev–Trinajstić information content (AvgIpc) is 3.36. The van der Waals surface area contributed by atoms with Gasteiger partial charge < -0.3 is 4.42 Å². The SMILES string of the molecule is Cc1nnc(CSc2nc3sc4c(c3c(=O)n2-c2ccccc2)CCC4)o1. The fraction of sp³-hybridized carbons (Fsp3) is 0.263. The molecule has 6 nitrogen and oxygen atoms in total. The first-order chi connectivity index (χ1) is 13.2. The third-order valence-corrected chi connectivity index (χ3v) is 6.72. The van der Waals surface area contributed by atoms with E-state index in [-0.39, 0.29) is 5.56 Å². The van der Waals surface area contributed by atoms with Crippen LogP contribution in [0.25, 0.3) is 15.9 Å². The van der Waals surface area contributed by atoms with Gasteiger partial charge >= 0.3 is 0 Å². The van der Waals surface area contributed by atoms with Gasteiger partial charge in [-0.3, -0.25) is 9.36 Å². The van der Waals surface area contributed by atoms with Crippen LogP contribution in [0.1, 0.15) is 28.6 Å². The van der Waals surface area contributed by atoms with Crippen molar-refractivity contribution in [1.82, 2.24) is 19.7 Å². The number of thioether (sulfide) groups is 1. The first kappa shape index (κ1) is 16.7. The van der Waals surface area contributed by atoms with Crippen LogP contribution in [0.3, 0.4) is 0 Å². The second kappa shape index (κ2) is 6.61. The molecule has 0 N–H and O–H groups in total. The molecule has 0 saturated carbocycles. The number of hydrogen-bond acceptors (Lipinski definition) is 7. The van der Waals surface area contributed by atoms with Crippen molar-refractivity contribution >= 4 is 33.3 Å². The molecule has 1 aliphatic rings. The number of thiophene rings is 1. The molecular weight excluding hydrogens is 380 g/mol. The van der Waals surface area contributed by atoms with Gasteiger partial charge in [-0.1, -0.05) is 30.0 Å². The van der Waals surface area contributed by atoms with Crippen LogP contribution in [0.15, 0.2) is 44.7 Å². The fourth-order valence-electron chi connectivity index (χ4n) is 3.45. The Hall–Kier alpha value is -2.45. The van der Waals surface area contributed by atoms with Crippen LogP contribution in [0.5, 0.6) is 0 Å². The van der Waals surface area contributed by atoms with Crippen molar-refractivity contribution in [2.45, 2.75) is 37.1 Å². The monoisotopic (exact) mass is 396 g/mol. The standard InChI is InChI=1S/C19H16N4O2S2/c1-11-21-22-15(25-11)10-26-19-20-17-16(13-8-5-9-14(13)27-17)18(24)23(19)12-6-3-2-4-7-12/h2-4,6-7H,5,8-10H2,1H3. The molecule has 0 atom stereocenters. The molecule has 5 rings (SSSR count). The van der Waals surface area contributed by atoms with E-state index in [1.165, 1.54) is 22.2 Å². The van der Waals surface area contributed by atoms with Crippen molar-refractivity contribution in [3.05, 3.63) is 62.9 Å². The molecule has 0 radical (unpaired) electrons. The van der Waals surface area contributed by atoms with Crippen LogP contribution in [-0.2, 0) is 18.6 Å². The molecule has 0 aliphatic heterocycles. The largest absolute Gasteiger partial charge is 0.425 e. The van der Waals surface area contributed by atoms with Crippen LogP contribution in [0.4, 0.5) is 0 Å². The van der Waals surface area contributed by atoms with E-state index in [4.69, 9.17) is 9.40 Å². The molecular formula is C19H16N4O2S2. The molecule has 8 heteroatoms. The topological polar surface area (TPSA) is 73.8 Å². The summed E-state index contributed by atoms with van der Waals surface area (Å²) in [5.41, 5.74) is 2.02. The Bertz CT molecular complexity index is 1190. The number of benzene rings is 1. The Morgan fingerprint density at radius 3 is 2.85 bits per heavy atom. The summed E-state index contributed by atoms with van der Waals surface area (Å²) >= 11 is 3.10. The third kappa shape index (κ3) is 2.89. The van der Waals surface area contributed by atoms with E-state index < -0.39 is 0 Å². The van der Waals surface area contributed by atoms with Crippen molar-refractivity contribution in [2.75, 3.05) is 0 Å². The summed E-state index contributed by atoms with van der Waals surface area (Å²) in [6.45, 7) is 1.76. The maximum Gasteiger partial charge on any atom is 0.267 e. The Morgan fingerprint density at radius 1 is 1.22 bits per heavy atom. The predicted octanol–water partition coefficient (Wildman–Crippen LogP) is 3.92.